The van der Waals surface area contributed by atoms with Gasteiger partial charge in [-0.25, -0.2) is 4.39 Å². The van der Waals surface area contributed by atoms with Crippen LogP contribution < -0.4 is 5.32 Å². The molecule has 100 valence electrons. The van der Waals surface area contributed by atoms with Crippen LogP contribution in [0.3, 0.4) is 0 Å². The standard InChI is InChI=1S/C15H14Br2FN/c1-9-5-13(16)15(14(17)6-9)19-8-11-3-4-12(18)7-10(11)2/h3-7,19H,8H2,1-2H3. The van der Waals surface area contributed by atoms with Crippen molar-refractivity contribution in [3.8, 4) is 0 Å². The molecule has 0 unspecified atom stereocenters. The molecule has 0 radical (unpaired) electrons. The van der Waals surface area contributed by atoms with Crippen molar-refractivity contribution in [2.24, 2.45) is 0 Å². The molecule has 0 bridgehead atoms. The Labute approximate surface area is 129 Å². The maximum Gasteiger partial charge on any atom is 0.123 e. The molecule has 0 aliphatic carbocycles. The molecule has 0 atom stereocenters. The molecule has 0 heterocycles. The van der Waals surface area contributed by atoms with Gasteiger partial charge in [-0.3, -0.25) is 0 Å². The third-order valence-corrected chi connectivity index (χ3v) is 4.20. The average Bonchev–Trinajstić information content (AvgIpc) is 2.30. The van der Waals surface area contributed by atoms with Gasteiger partial charge < -0.3 is 5.32 Å². The van der Waals surface area contributed by atoms with Crippen molar-refractivity contribution in [1.82, 2.24) is 0 Å². The van der Waals surface area contributed by atoms with Gasteiger partial charge in [0.25, 0.3) is 0 Å². The first kappa shape index (κ1) is 14.5. The van der Waals surface area contributed by atoms with Crippen LogP contribution in [0.5, 0.6) is 0 Å². The highest BCUT2D eigenvalue weighted by Crippen LogP contribution is 2.32. The Morgan fingerprint density at radius 1 is 1.05 bits per heavy atom. The molecule has 0 fully saturated rings. The molecule has 1 N–H and O–H groups in total. The molecule has 0 aliphatic heterocycles. The number of anilines is 1. The molecule has 0 aromatic heterocycles. The van der Waals surface area contributed by atoms with Crippen LogP contribution in [0.1, 0.15) is 16.7 Å². The monoisotopic (exact) mass is 385 g/mol. The Morgan fingerprint density at radius 2 is 1.68 bits per heavy atom. The van der Waals surface area contributed by atoms with Crippen molar-refractivity contribution in [1.29, 1.82) is 0 Å². The third-order valence-electron chi connectivity index (χ3n) is 2.95. The fourth-order valence-corrected chi connectivity index (χ4v) is 3.61. The molecule has 0 amide bonds. The van der Waals surface area contributed by atoms with Crippen molar-refractivity contribution >= 4 is 37.5 Å². The average molecular weight is 387 g/mol. The molecular weight excluding hydrogens is 373 g/mol. The quantitative estimate of drug-likeness (QED) is 0.725. The van der Waals surface area contributed by atoms with Crippen LogP contribution >= 0.6 is 31.9 Å². The van der Waals surface area contributed by atoms with E-state index in [4.69, 9.17) is 0 Å². The minimum Gasteiger partial charge on any atom is -0.379 e. The maximum absolute atomic E-state index is 13.0. The van der Waals surface area contributed by atoms with E-state index in [0.717, 1.165) is 25.8 Å². The minimum atomic E-state index is -0.195. The summed E-state index contributed by atoms with van der Waals surface area (Å²) in [6.45, 7) is 4.62. The summed E-state index contributed by atoms with van der Waals surface area (Å²) in [6, 6.07) is 8.97. The van der Waals surface area contributed by atoms with Gasteiger partial charge in [0, 0.05) is 15.5 Å². The van der Waals surface area contributed by atoms with E-state index >= 15 is 0 Å². The largest absolute Gasteiger partial charge is 0.379 e. The SMILES string of the molecule is Cc1cc(Br)c(NCc2ccc(F)cc2C)c(Br)c1. The summed E-state index contributed by atoms with van der Waals surface area (Å²) in [5, 5.41) is 3.37. The molecule has 4 heteroatoms. The second-order valence-corrected chi connectivity index (χ2v) is 6.24. The molecule has 0 aliphatic rings. The summed E-state index contributed by atoms with van der Waals surface area (Å²) in [6.07, 6.45) is 0. The third kappa shape index (κ3) is 3.57. The fourth-order valence-electron chi connectivity index (χ4n) is 1.91. The minimum absolute atomic E-state index is 0.195. The summed E-state index contributed by atoms with van der Waals surface area (Å²) < 4.78 is 15.1. The lowest BCUT2D eigenvalue weighted by Gasteiger charge is -2.13. The van der Waals surface area contributed by atoms with Gasteiger partial charge in [-0.1, -0.05) is 6.07 Å². The van der Waals surface area contributed by atoms with Gasteiger partial charge in [0.2, 0.25) is 0 Å². The molecular formula is C15H14Br2FN. The molecule has 0 saturated heterocycles. The first-order chi connectivity index (χ1) is 8.97. The number of nitrogens with one attached hydrogen (secondary N) is 1. The van der Waals surface area contributed by atoms with E-state index < -0.39 is 0 Å². The molecule has 2 rings (SSSR count). The predicted molar refractivity (Wildman–Crippen MR) is 85.0 cm³/mol. The number of hydrogen-bond acceptors (Lipinski definition) is 1. The van der Waals surface area contributed by atoms with Crippen LogP contribution in [0.25, 0.3) is 0 Å². The highest BCUT2D eigenvalue weighted by atomic mass is 79.9. The lowest BCUT2D eigenvalue weighted by atomic mass is 10.1. The molecule has 0 saturated carbocycles. The van der Waals surface area contributed by atoms with Gasteiger partial charge in [-0.05, 0) is 86.7 Å². The number of benzene rings is 2. The Kier molecular flexibility index (Phi) is 4.63. The van der Waals surface area contributed by atoms with E-state index in [2.05, 4.69) is 49.3 Å². The van der Waals surface area contributed by atoms with E-state index in [1.54, 1.807) is 6.07 Å². The Morgan fingerprint density at radius 3 is 2.26 bits per heavy atom. The van der Waals surface area contributed by atoms with Gasteiger partial charge in [-0.2, -0.15) is 0 Å². The molecule has 1 nitrogen and oxygen atoms in total. The van der Waals surface area contributed by atoms with Gasteiger partial charge in [0.1, 0.15) is 5.82 Å². The Hall–Kier alpha value is -0.870. The van der Waals surface area contributed by atoms with E-state index in [-0.39, 0.29) is 5.82 Å². The van der Waals surface area contributed by atoms with Crippen LogP contribution in [-0.4, -0.2) is 0 Å². The maximum atomic E-state index is 13.0. The summed E-state index contributed by atoms with van der Waals surface area (Å²) in [5.74, 6) is -0.195. The van der Waals surface area contributed by atoms with Crippen LogP contribution in [-0.2, 0) is 6.54 Å². The normalized spacial score (nSPS) is 10.6. The Bertz CT molecular complexity index is 588. The summed E-state index contributed by atoms with van der Waals surface area (Å²) in [5.41, 5.74) is 4.23. The lowest BCUT2D eigenvalue weighted by molar-refractivity contribution is 0.625. The second-order valence-electron chi connectivity index (χ2n) is 4.53. The molecule has 0 spiro atoms. The van der Waals surface area contributed by atoms with E-state index in [9.17, 15) is 4.39 Å². The van der Waals surface area contributed by atoms with E-state index in [0.29, 0.717) is 6.54 Å². The number of aryl methyl sites for hydroxylation is 2. The number of rotatable bonds is 3. The highest BCUT2D eigenvalue weighted by molar-refractivity contribution is 9.11. The van der Waals surface area contributed by atoms with E-state index in [1.807, 2.05) is 19.9 Å². The topological polar surface area (TPSA) is 12.0 Å². The zero-order valence-electron chi connectivity index (χ0n) is 10.7. The van der Waals surface area contributed by atoms with Crippen LogP contribution in [0.2, 0.25) is 0 Å². The molecule has 2 aromatic carbocycles. The molecule has 2 aromatic rings. The zero-order chi connectivity index (χ0) is 14.0. The summed E-state index contributed by atoms with van der Waals surface area (Å²) >= 11 is 7.10. The second kappa shape index (κ2) is 6.06. The smallest absolute Gasteiger partial charge is 0.123 e. The van der Waals surface area contributed by atoms with Crippen LogP contribution in [0, 0.1) is 19.7 Å². The number of hydrogen-bond donors (Lipinski definition) is 1. The van der Waals surface area contributed by atoms with Gasteiger partial charge >= 0.3 is 0 Å². The summed E-state index contributed by atoms with van der Waals surface area (Å²) in [4.78, 5) is 0. The van der Waals surface area contributed by atoms with Crippen molar-refractivity contribution < 1.29 is 4.39 Å². The summed E-state index contributed by atoms with van der Waals surface area (Å²) in [7, 11) is 0. The van der Waals surface area contributed by atoms with Crippen molar-refractivity contribution in [3.05, 3.63) is 61.8 Å². The van der Waals surface area contributed by atoms with Crippen molar-refractivity contribution in [2.45, 2.75) is 20.4 Å². The first-order valence-corrected chi connectivity index (χ1v) is 7.50. The van der Waals surface area contributed by atoms with Gasteiger partial charge in [-0.15, -0.1) is 0 Å². The van der Waals surface area contributed by atoms with Crippen LogP contribution in [0.4, 0.5) is 10.1 Å². The van der Waals surface area contributed by atoms with Crippen molar-refractivity contribution in [2.75, 3.05) is 5.32 Å². The number of halogens is 3. The molecule has 19 heavy (non-hydrogen) atoms. The fraction of sp³-hybridized carbons (Fsp3) is 0.200. The van der Waals surface area contributed by atoms with Gasteiger partial charge in [0.15, 0.2) is 0 Å². The van der Waals surface area contributed by atoms with Gasteiger partial charge in [0.05, 0.1) is 5.69 Å². The predicted octanol–water partition coefficient (Wildman–Crippen LogP) is 5.58. The van der Waals surface area contributed by atoms with Crippen molar-refractivity contribution in [3.63, 3.8) is 0 Å². The van der Waals surface area contributed by atoms with E-state index in [1.165, 1.54) is 11.6 Å². The Balaban J connectivity index is 2.19. The van der Waals surface area contributed by atoms with Crippen LogP contribution in [0.15, 0.2) is 39.3 Å². The zero-order valence-corrected chi connectivity index (χ0v) is 13.9. The first-order valence-electron chi connectivity index (χ1n) is 5.92. The highest BCUT2D eigenvalue weighted by Gasteiger charge is 2.07. The lowest BCUT2D eigenvalue weighted by Crippen LogP contribution is -2.03.